The van der Waals surface area contributed by atoms with Crippen LogP contribution in [0.4, 0.5) is 0 Å². The van der Waals surface area contributed by atoms with Gasteiger partial charge >= 0.3 is 5.69 Å². The maximum absolute atomic E-state index is 12.0. The van der Waals surface area contributed by atoms with E-state index < -0.39 is 0 Å². The SMILES string of the molecule is C=C(Br)Cn1cnc2c1c(=O)n(C)c(=O)n2C. The van der Waals surface area contributed by atoms with E-state index in [2.05, 4.69) is 27.5 Å². The summed E-state index contributed by atoms with van der Waals surface area (Å²) >= 11 is 3.24. The Hall–Kier alpha value is -1.63. The van der Waals surface area contributed by atoms with Crippen molar-refractivity contribution >= 4 is 27.1 Å². The molecule has 0 saturated heterocycles. The number of fused-ring (bicyclic) bond motifs is 1. The predicted molar refractivity (Wildman–Crippen MR) is 68.3 cm³/mol. The van der Waals surface area contributed by atoms with Gasteiger partial charge in [0.05, 0.1) is 12.9 Å². The van der Waals surface area contributed by atoms with Crippen LogP contribution in [-0.2, 0) is 20.6 Å². The Labute approximate surface area is 105 Å². The molecule has 0 aliphatic carbocycles. The molecule has 2 aromatic heterocycles. The summed E-state index contributed by atoms with van der Waals surface area (Å²) in [5.41, 5.74) is 0.0434. The van der Waals surface area contributed by atoms with Gasteiger partial charge in [0.25, 0.3) is 5.56 Å². The number of halogens is 1. The highest BCUT2D eigenvalue weighted by Gasteiger charge is 2.13. The van der Waals surface area contributed by atoms with Gasteiger partial charge < -0.3 is 4.57 Å². The van der Waals surface area contributed by atoms with Gasteiger partial charge in [-0.1, -0.05) is 22.5 Å². The minimum absolute atomic E-state index is 0.352. The minimum Gasteiger partial charge on any atom is -0.320 e. The smallest absolute Gasteiger partial charge is 0.320 e. The first-order valence-corrected chi connectivity index (χ1v) is 5.67. The first kappa shape index (κ1) is 11.8. The number of hydrogen-bond donors (Lipinski definition) is 0. The molecule has 0 radical (unpaired) electrons. The highest BCUT2D eigenvalue weighted by Crippen LogP contribution is 2.10. The lowest BCUT2D eigenvalue weighted by atomic mass is 10.5. The van der Waals surface area contributed by atoms with Crippen molar-refractivity contribution in [2.24, 2.45) is 14.1 Å². The Kier molecular flexibility index (Phi) is 2.78. The molecule has 0 spiro atoms. The third-order valence-corrected chi connectivity index (χ3v) is 2.81. The van der Waals surface area contributed by atoms with Crippen LogP contribution >= 0.6 is 15.9 Å². The van der Waals surface area contributed by atoms with Gasteiger partial charge in [-0.25, -0.2) is 9.78 Å². The Bertz CT molecular complexity index is 722. The fraction of sp³-hybridized carbons (Fsp3) is 0.300. The van der Waals surface area contributed by atoms with E-state index in [9.17, 15) is 9.59 Å². The third kappa shape index (κ3) is 1.76. The van der Waals surface area contributed by atoms with Crippen molar-refractivity contribution in [3.8, 4) is 0 Å². The molecule has 6 nitrogen and oxygen atoms in total. The minimum atomic E-state index is -0.384. The molecule has 7 heteroatoms. The number of allylic oxidation sites excluding steroid dienone is 1. The van der Waals surface area contributed by atoms with Crippen LogP contribution in [0.25, 0.3) is 11.2 Å². The van der Waals surface area contributed by atoms with Crippen molar-refractivity contribution in [2.75, 3.05) is 0 Å². The van der Waals surface area contributed by atoms with E-state index in [-0.39, 0.29) is 11.2 Å². The van der Waals surface area contributed by atoms with Gasteiger partial charge in [0, 0.05) is 18.6 Å². The first-order chi connectivity index (χ1) is 7.93. The van der Waals surface area contributed by atoms with Gasteiger partial charge in [-0.05, 0) is 0 Å². The molecule has 0 atom stereocenters. The number of aryl methyl sites for hydroxylation is 1. The summed E-state index contributed by atoms with van der Waals surface area (Å²) in [6, 6.07) is 0. The van der Waals surface area contributed by atoms with Crippen molar-refractivity contribution in [3.63, 3.8) is 0 Å². The molecule has 2 heterocycles. The van der Waals surface area contributed by atoms with Gasteiger partial charge in [-0.2, -0.15) is 0 Å². The molecule has 0 fully saturated rings. The standard InChI is InChI=1S/C10H11BrN4O2/c1-6(11)4-15-5-12-8-7(15)9(16)14(3)10(17)13(8)2/h5H,1,4H2,2-3H3. The normalized spacial score (nSPS) is 11.0. The fourth-order valence-electron chi connectivity index (χ4n) is 1.70. The van der Waals surface area contributed by atoms with E-state index in [0.717, 1.165) is 9.05 Å². The zero-order valence-corrected chi connectivity index (χ0v) is 11.1. The van der Waals surface area contributed by atoms with E-state index in [4.69, 9.17) is 0 Å². The summed E-state index contributed by atoms with van der Waals surface area (Å²) in [6.07, 6.45) is 1.53. The third-order valence-electron chi connectivity index (χ3n) is 2.56. The van der Waals surface area contributed by atoms with Crippen LogP contribution in [0.5, 0.6) is 0 Å². The molecule has 0 aromatic carbocycles. The van der Waals surface area contributed by atoms with Crippen LogP contribution in [0.2, 0.25) is 0 Å². The number of imidazole rings is 1. The van der Waals surface area contributed by atoms with Crippen molar-refractivity contribution < 1.29 is 0 Å². The van der Waals surface area contributed by atoms with Crippen molar-refractivity contribution in [2.45, 2.75) is 6.54 Å². The molecule has 2 rings (SSSR count). The highest BCUT2D eigenvalue weighted by molar-refractivity contribution is 9.11. The van der Waals surface area contributed by atoms with E-state index in [1.54, 1.807) is 11.6 Å². The van der Waals surface area contributed by atoms with E-state index in [1.165, 1.54) is 17.9 Å². The quantitative estimate of drug-likeness (QED) is 0.803. The molecule has 0 aliphatic heterocycles. The average Bonchev–Trinajstić information content (AvgIpc) is 2.66. The molecule has 0 unspecified atom stereocenters. The first-order valence-electron chi connectivity index (χ1n) is 4.87. The summed E-state index contributed by atoms with van der Waals surface area (Å²) < 4.78 is 4.81. The number of nitrogens with zero attached hydrogens (tertiary/aromatic N) is 4. The van der Waals surface area contributed by atoms with E-state index >= 15 is 0 Å². The van der Waals surface area contributed by atoms with Crippen LogP contribution < -0.4 is 11.2 Å². The second-order valence-electron chi connectivity index (χ2n) is 3.77. The predicted octanol–water partition coefficient (Wildman–Crippen LogP) is 0.342. The molecular formula is C10H11BrN4O2. The number of rotatable bonds is 2. The second-order valence-corrected chi connectivity index (χ2v) is 4.89. The van der Waals surface area contributed by atoms with Gasteiger partial charge in [0.1, 0.15) is 0 Å². The second kappa shape index (κ2) is 3.99. The summed E-state index contributed by atoms with van der Waals surface area (Å²) in [4.78, 5) is 27.8. The number of aromatic nitrogens is 4. The topological polar surface area (TPSA) is 61.8 Å². The summed E-state index contributed by atoms with van der Waals surface area (Å²) in [5.74, 6) is 0. The molecule has 0 saturated carbocycles. The van der Waals surface area contributed by atoms with Crippen LogP contribution in [0.1, 0.15) is 0 Å². The monoisotopic (exact) mass is 298 g/mol. The largest absolute Gasteiger partial charge is 0.332 e. The highest BCUT2D eigenvalue weighted by atomic mass is 79.9. The molecule has 0 N–H and O–H groups in total. The maximum Gasteiger partial charge on any atom is 0.332 e. The zero-order valence-electron chi connectivity index (χ0n) is 9.47. The lowest BCUT2D eigenvalue weighted by molar-refractivity contribution is 0.703. The van der Waals surface area contributed by atoms with E-state index in [0.29, 0.717) is 17.7 Å². The van der Waals surface area contributed by atoms with Gasteiger partial charge in [0.15, 0.2) is 11.2 Å². The molecule has 2 aromatic rings. The fourth-order valence-corrected chi connectivity index (χ4v) is 1.97. The Morgan fingerprint density at radius 2 is 2.06 bits per heavy atom. The van der Waals surface area contributed by atoms with Crippen molar-refractivity contribution in [1.82, 2.24) is 18.7 Å². The Balaban J connectivity index is 2.90. The van der Waals surface area contributed by atoms with Crippen molar-refractivity contribution in [3.05, 3.63) is 38.2 Å². The lowest BCUT2D eigenvalue weighted by Crippen LogP contribution is -2.37. The van der Waals surface area contributed by atoms with Gasteiger partial charge in [0.2, 0.25) is 0 Å². The van der Waals surface area contributed by atoms with Crippen molar-refractivity contribution in [1.29, 1.82) is 0 Å². The summed E-state index contributed by atoms with van der Waals surface area (Å²) in [6.45, 7) is 4.15. The van der Waals surface area contributed by atoms with Crippen LogP contribution in [-0.4, -0.2) is 18.7 Å². The molecule has 0 bridgehead atoms. The lowest BCUT2D eigenvalue weighted by Gasteiger charge is -2.05. The van der Waals surface area contributed by atoms with Gasteiger partial charge in [-0.15, -0.1) is 0 Å². The van der Waals surface area contributed by atoms with E-state index in [1.807, 2.05) is 0 Å². The zero-order chi connectivity index (χ0) is 12.7. The van der Waals surface area contributed by atoms with Crippen LogP contribution in [0.15, 0.2) is 27.0 Å². The maximum atomic E-state index is 12.0. The Morgan fingerprint density at radius 3 is 2.65 bits per heavy atom. The molecule has 0 amide bonds. The van der Waals surface area contributed by atoms with Crippen LogP contribution in [0, 0.1) is 0 Å². The molecular weight excluding hydrogens is 288 g/mol. The summed E-state index contributed by atoms with van der Waals surface area (Å²) in [7, 11) is 3.04. The molecule has 0 aliphatic rings. The Morgan fingerprint density at radius 1 is 1.41 bits per heavy atom. The molecule has 17 heavy (non-hydrogen) atoms. The number of hydrogen-bond acceptors (Lipinski definition) is 3. The average molecular weight is 299 g/mol. The van der Waals surface area contributed by atoms with Crippen LogP contribution in [0.3, 0.4) is 0 Å². The van der Waals surface area contributed by atoms with Gasteiger partial charge in [-0.3, -0.25) is 13.9 Å². The summed E-state index contributed by atoms with van der Waals surface area (Å²) in [5, 5.41) is 0. The molecule has 90 valence electrons.